The molecule has 58 heavy (non-hydrogen) atoms. The highest BCUT2D eigenvalue weighted by Gasteiger charge is 2.76. The number of hydrogen-bond donors (Lipinski definition) is 5. The van der Waals surface area contributed by atoms with Crippen LogP contribution in [0.1, 0.15) is 22.3 Å². The fourth-order valence-electron chi connectivity index (χ4n) is 4.21. The number of aromatic hydroxyl groups is 1. The molecule has 0 saturated carbocycles. The van der Waals surface area contributed by atoms with E-state index in [0.29, 0.717) is 0 Å². The molecule has 2 aromatic rings. The molecular formula is C27H14F24O7. The van der Waals surface area contributed by atoms with Gasteiger partial charge in [0, 0.05) is 28.3 Å². The maximum Gasteiger partial charge on any atom is 0.430 e. The van der Waals surface area contributed by atoms with Gasteiger partial charge in [-0.05, 0) is 36.4 Å². The second kappa shape index (κ2) is 15.0. The maximum atomic E-state index is 13.0. The summed E-state index contributed by atoms with van der Waals surface area (Å²) < 4.78 is 314. The van der Waals surface area contributed by atoms with Gasteiger partial charge in [0.2, 0.25) is 0 Å². The molecule has 31 heteroatoms. The Morgan fingerprint density at radius 3 is 0.776 bits per heavy atom. The summed E-state index contributed by atoms with van der Waals surface area (Å²) in [5.74, 6) is -5.38. The summed E-state index contributed by atoms with van der Waals surface area (Å²) in [5.41, 5.74) is -34.4. The summed E-state index contributed by atoms with van der Waals surface area (Å²) in [5, 5.41) is 45.9. The quantitative estimate of drug-likeness (QED) is 0.0853. The Labute approximate surface area is 301 Å². The molecule has 0 aromatic heterocycles. The van der Waals surface area contributed by atoms with Crippen molar-refractivity contribution in [3.63, 3.8) is 0 Å². The first-order chi connectivity index (χ1) is 25.1. The Morgan fingerprint density at radius 1 is 0.414 bits per heavy atom. The Hall–Kier alpha value is -4.39. The summed E-state index contributed by atoms with van der Waals surface area (Å²) in [6.45, 7) is 2.76. The van der Waals surface area contributed by atoms with Crippen molar-refractivity contribution in [3.8, 4) is 11.5 Å². The number of aliphatic hydroxyl groups is 4. The van der Waals surface area contributed by atoms with Crippen LogP contribution in [0.5, 0.6) is 11.5 Å². The molecule has 0 fully saturated rings. The van der Waals surface area contributed by atoms with Gasteiger partial charge in [0.1, 0.15) is 11.5 Å². The number of hydrogen-bond acceptors (Lipinski definition) is 7. The van der Waals surface area contributed by atoms with Crippen molar-refractivity contribution in [1.29, 1.82) is 0 Å². The minimum Gasteiger partial charge on any atom is -0.508 e. The van der Waals surface area contributed by atoms with E-state index in [4.69, 9.17) is 15.3 Å². The van der Waals surface area contributed by atoms with Gasteiger partial charge in [-0.1, -0.05) is 6.58 Å². The lowest BCUT2D eigenvalue weighted by Gasteiger charge is -2.36. The van der Waals surface area contributed by atoms with E-state index in [1.54, 1.807) is 0 Å². The predicted octanol–water partition coefficient (Wildman–Crippen LogP) is 8.42. The lowest BCUT2D eigenvalue weighted by Crippen LogP contribution is -2.55. The third-order valence-electron chi connectivity index (χ3n) is 7.16. The molecule has 0 bridgehead atoms. The van der Waals surface area contributed by atoms with Gasteiger partial charge < -0.3 is 30.3 Å². The molecule has 5 N–H and O–H groups in total. The summed E-state index contributed by atoms with van der Waals surface area (Å²) >= 11 is 0. The summed E-state index contributed by atoms with van der Waals surface area (Å²) in [6.07, 6.45) is -53.3. The first kappa shape index (κ1) is 51.6. The molecule has 0 aliphatic rings. The van der Waals surface area contributed by atoms with Crippen LogP contribution in [-0.4, -0.2) is 80.9 Å². The van der Waals surface area contributed by atoms with Crippen molar-refractivity contribution in [3.05, 3.63) is 71.3 Å². The molecule has 0 unspecified atom stereocenters. The Kier molecular flexibility index (Phi) is 13.4. The van der Waals surface area contributed by atoms with Crippen molar-refractivity contribution >= 4 is 5.97 Å². The van der Waals surface area contributed by atoms with Gasteiger partial charge >= 0.3 is 55.4 Å². The molecule has 0 spiro atoms. The molecule has 0 aliphatic heterocycles. The van der Waals surface area contributed by atoms with Crippen LogP contribution < -0.4 is 4.74 Å². The molecule has 0 amide bonds. The third-order valence-corrected chi connectivity index (χ3v) is 7.16. The lowest BCUT2D eigenvalue weighted by atomic mass is 9.85. The molecule has 0 aliphatic carbocycles. The highest BCUT2D eigenvalue weighted by molar-refractivity contribution is 5.83. The molecule has 2 rings (SSSR count). The molecule has 0 radical (unpaired) electrons. The van der Waals surface area contributed by atoms with E-state index < -0.39 is 148 Å². The van der Waals surface area contributed by atoms with E-state index in [9.17, 15) is 120 Å². The van der Waals surface area contributed by atoms with E-state index in [-0.39, 0.29) is 6.08 Å². The van der Waals surface area contributed by atoms with Crippen molar-refractivity contribution in [1.82, 2.24) is 0 Å². The average Bonchev–Trinajstić information content (AvgIpc) is 2.98. The summed E-state index contributed by atoms with van der Waals surface area (Å²) in [6, 6.07) is -4.04. The predicted molar refractivity (Wildman–Crippen MR) is 134 cm³/mol. The lowest BCUT2D eigenvalue weighted by molar-refractivity contribution is -0.379. The van der Waals surface area contributed by atoms with Crippen LogP contribution in [0.2, 0.25) is 0 Å². The summed E-state index contributed by atoms with van der Waals surface area (Å²) in [7, 11) is 0. The van der Waals surface area contributed by atoms with Crippen LogP contribution in [0.4, 0.5) is 105 Å². The number of rotatable bonds is 6. The van der Waals surface area contributed by atoms with Crippen LogP contribution >= 0.6 is 0 Å². The second-order valence-corrected chi connectivity index (χ2v) is 11.0. The highest BCUT2D eigenvalue weighted by atomic mass is 19.4. The number of esters is 1. The van der Waals surface area contributed by atoms with Crippen molar-refractivity contribution in [2.45, 2.75) is 71.8 Å². The Morgan fingerprint density at radius 2 is 0.603 bits per heavy atom. The van der Waals surface area contributed by atoms with Gasteiger partial charge in [-0.15, -0.1) is 0 Å². The number of carbonyl (C=O) groups is 1. The molecule has 0 heterocycles. The van der Waals surface area contributed by atoms with Crippen molar-refractivity contribution < 1.29 is 140 Å². The number of phenolic OH excluding ortho intramolecular Hbond substituents is 1. The molecule has 0 atom stereocenters. The van der Waals surface area contributed by atoms with Gasteiger partial charge in [0.15, 0.2) is 0 Å². The fourth-order valence-corrected chi connectivity index (χ4v) is 4.21. The molecule has 0 saturated heterocycles. The van der Waals surface area contributed by atoms with Gasteiger partial charge in [-0.25, -0.2) is 4.79 Å². The van der Waals surface area contributed by atoms with Crippen LogP contribution in [0.25, 0.3) is 0 Å². The van der Waals surface area contributed by atoms with Gasteiger partial charge in [-0.3, -0.25) is 0 Å². The van der Waals surface area contributed by atoms with E-state index in [2.05, 4.69) is 11.3 Å². The number of phenols is 1. The maximum absolute atomic E-state index is 13.0. The van der Waals surface area contributed by atoms with E-state index in [0.717, 1.165) is 0 Å². The SMILES string of the molecule is C=CC(=O)Oc1cc(C(O)(C(F)(F)F)C(F)(F)F)cc(C(O)(C(F)(F)F)C(F)(F)F)c1.Oc1cc(C(O)(C(F)(F)F)C(F)(F)F)cc(C(O)(C(F)(F)F)C(F)(F)F)c1. The van der Waals surface area contributed by atoms with E-state index in [1.807, 2.05) is 0 Å². The topological polar surface area (TPSA) is 127 Å². The zero-order valence-corrected chi connectivity index (χ0v) is 26.4. The smallest absolute Gasteiger partial charge is 0.430 e. The van der Waals surface area contributed by atoms with E-state index >= 15 is 0 Å². The number of benzene rings is 2. The monoisotopic (exact) mass is 906 g/mol. The normalized spacial score (nSPS) is 14.8. The van der Waals surface area contributed by atoms with Crippen molar-refractivity contribution in [2.75, 3.05) is 0 Å². The standard InChI is InChI=1S/C15H8F12O4.C12H6F12O3/c1-2-9(28)31-8-4-6(10(29,12(16,17)18)13(19,20)21)3-7(5-8)11(30,14(22,23)24)15(25,26)27;13-9(14,15)7(26,10(16,17)18)4-1-5(3-6(25)2-4)8(27,11(19,20)21)12(22,23)24/h2-5,29-30H,1H2;1-3,25-27H. The molecular weight excluding hydrogens is 892 g/mol. The fraction of sp³-hybridized carbons (Fsp3) is 0.444. The molecule has 332 valence electrons. The average molecular weight is 906 g/mol. The van der Waals surface area contributed by atoms with Crippen molar-refractivity contribution in [2.24, 2.45) is 0 Å². The minimum atomic E-state index is -6.72. The third kappa shape index (κ3) is 8.94. The van der Waals surface area contributed by atoms with Gasteiger partial charge in [-0.2, -0.15) is 105 Å². The molecule has 7 nitrogen and oxygen atoms in total. The largest absolute Gasteiger partial charge is 0.508 e. The van der Waals surface area contributed by atoms with Gasteiger partial charge in [0.25, 0.3) is 22.4 Å². The Balaban J connectivity index is 0.000000586. The zero-order valence-electron chi connectivity index (χ0n) is 26.4. The highest BCUT2D eigenvalue weighted by Crippen LogP contribution is 2.56. The molecule has 2 aromatic carbocycles. The van der Waals surface area contributed by atoms with E-state index in [1.165, 1.54) is 0 Å². The van der Waals surface area contributed by atoms with Gasteiger partial charge in [0.05, 0.1) is 0 Å². The minimum absolute atomic E-state index is 0.214. The number of ether oxygens (including phenoxy) is 1. The van der Waals surface area contributed by atoms with Crippen LogP contribution in [0, 0.1) is 0 Å². The summed E-state index contributed by atoms with van der Waals surface area (Å²) in [4.78, 5) is 11.1. The van der Waals surface area contributed by atoms with Crippen LogP contribution in [0.15, 0.2) is 49.1 Å². The number of alkyl halides is 24. The number of halogens is 24. The second-order valence-electron chi connectivity index (χ2n) is 11.0. The number of carbonyl (C=O) groups excluding carboxylic acids is 1. The van der Waals surface area contributed by atoms with Crippen LogP contribution in [-0.2, 0) is 27.2 Å². The van der Waals surface area contributed by atoms with Crippen LogP contribution in [0.3, 0.4) is 0 Å². The zero-order chi connectivity index (χ0) is 46.7. The first-order valence-electron chi connectivity index (χ1n) is 13.4. The first-order valence-corrected chi connectivity index (χ1v) is 13.4. The Bertz CT molecular complexity index is 1640.